The molecule has 0 aliphatic heterocycles. The monoisotopic (exact) mass is 440 g/mol. The largest absolute Gasteiger partial charge is 0.481 e. The van der Waals surface area contributed by atoms with E-state index >= 15 is 0 Å². The second-order valence-corrected chi connectivity index (χ2v) is 7.69. The third kappa shape index (κ3) is 9.31. The van der Waals surface area contributed by atoms with E-state index in [2.05, 4.69) is 10.6 Å². The van der Waals surface area contributed by atoms with Gasteiger partial charge in [-0.3, -0.25) is 14.4 Å². The van der Waals surface area contributed by atoms with Crippen molar-refractivity contribution in [3.63, 3.8) is 0 Å². The molecule has 0 bridgehead atoms. The van der Waals surface area contributed by atoms with Crippen molar-refractivity contribution < 1.29 is 24.2 Å². The SMILES string of the molecule is CNC(=O)[C@H](Cc1ccccc1)NC(=O)[C@H](CCCCOCc1ccccc1)CC(=O)O. The van der Waals surface area contributed by atoms with Crippen LogP contribution < -0.4 is 10.6 Å². The predicted molar refractivity (Wildman–Crippen MR) is 122 cm³/mol. The van der Waals surface area contributed by atoms with Crippen molar-refractivity contribution in [1.82, 2.24) is 10.6 Å². The van der Waals surface area contributed by atoms with Gasteiger partial charge >= 0.3 is 5.97 Å². The summed E-state index contributed by atoms with van der Waals surface area (Å²) < 4.78 is 5.65. The van der Waals surface area contributed by atoms with Gasteiger partial charge in [-0.05, 0) is 24.0 Å². The average Bonchev–Trinajstić information content (AvgIpc) is 2.80. The summed E-state index contributed by atoms with van der Waals surface area (Å²) >= 11 is 0. The van der Waals surface area contributed by atoms with Crippen molar-refractivity contribution >= 4 is 17.8 Å². The number of hydrogen-bond acceptors (Lipinski definition) is 4. The molecule has 0 aliphatic carbocycles. The number of unbranched alkanes of at least 4 members (excludes halogenated alkanes) is 1. The number of hydrogen-bond donors (Lipinski definition) is 3. The molecule has 0 unspecified atom stereocenters. The van der Waals surface area contributed by atoms with E-state index in [0.29, 0.717) is 32.5 Å². The standard InChI is InChI=1S/C25H32N2O5/c1-26-25(31)22(16-19-10-4-2-5-11-19)27-24(30)21(17-23(28)29)14-8-9-15-32-18-20-12-6-3-7-13-20/h2-7,10-13,21-22H,8-9,14-18H2,1H3,(H,26,31)(H,27,30)(H,28,29)/t21-,22+/m1/s1. The summed E-state index contributed by atoms with van der Waals surface area (Å²) in [5.41, 5.74) is 2.00. The van der Waals surface area contributed by atoms with E-state index in [1.165, 1.54) is 7.05 Å². The molecule has 0 heterocycles. The highest BCUT2D eigenvalue weighted by atomic mass is 16.5. The van der Waals surface area contributed by atoms with Crippen molar-refractivity contribution in [2.75, 3.05) is 13.7 Å². The first-order chi connectivity index (χ1) is 15.5. The van der Waals surface area contributed by atoms with E-state index in [0.717, 1.165) is 17.5 Å². The molecule has 172 valence electrons. The molecule has 0 aromatic heterocycles. The molecule has 3 N–H and O–H groups in total. The van der Waals surface area contributed by atoms with Crippen LogP contribution in [0.15, 0.2) is 60.7 Å². The molecule has 32 heavy (non-hydrogen) atoms. The highest BCUT2D eigenvalue weighted by molar-refractivity contribution is 5.89. The van der Waals surface area contributed by atoms with Gasteiger partial charge in [0.1, 0.15) is 6.04 Å². The number of carbonyl (C=O) groups excluding carboxylic acids is 2. The minimum Gasteiger partial charge on any atom is -0.481 e. The fourth-order valence-corrected chi connectivity index (χ4v) is 3.42. The number of nitrogens with one attached hydrogen (secondary N) is 2. The Hall–Kier alpha value is -3.19. The first kappa shape index (κ1) is 25.1. The minimum absolute atomic E-state index is 0.275. The van der Waals surface area contributed by atoms with Crippen LogP contribution in [0.3, 0.4) is 0 Å². The number of carbonyl (C=O) groups is 3. The van der Waals surface area contributed by atoms with Crippen LogP contribution in [0.25, 0.3) is 0 Å². The molecule has 2 aromatic carbocycles. The molecule has 2 rings (SSSR count). The van der Waals surface area contributed by atoms with E-state index in [-0.39, 0.29) is 12.3 Å². The zero-order valence-electron chi connectivity index (χ0n) is 18.5. The van der Waals surface area contributed by atoms with Gasteiger partial charge in [0.05, 0.1) is 13.0 Å². The molecular formula is C25H32N2O5. The molecule has 2 atom stereocenters. The normalized spacial score (nSPS) is 12.5. The van der Waals surface area contributed by atoms with E-state index in [9.17, 15) is 19.5 Å². The third-order valence-electron chi connectivity index (χ3n) is 5.16. The molecule has 0 saturated carbocycles. The van der Waals surface area contributed by atoms with Crippen LogP contribution in [0.5, 0.6) is 0 Å². The lowest BCUT2D eigenvalue weighted by Gasteiger charge is -2.21. The average molecular weight is 441 g/mol. The second-order valence-electron chi connectivity index (χ2n) is 7.69. The number of likely N-dealkylation sites (N-methyl/N-ethyl adjacent to an activating group) is 1. The van der Waals surface area contributed by atoms with Crippen LogP contribution in [0, 0.1) is 5.92 Å². The van der Waals surface area contributed by atoms with Crippen molar-refractivity contribution in [2.24, 2.45) is 5.92 Å². The van der Waals surface area contributed by atoms with Crippen LogP contribution in [0.1, 0.15) is 36.8 Å². The van der Waals surface area contributed by atoms with Gasteiger partial charge in [0, 0.05) is 26.0 Å². The number of aliphatic carboxylic acids is 1. The van der Waals surface area contributed by atoms with Gasteiger partial charge in [-0.25, -0.2) is 0 Å². The number of amides is 2. The Morgan fingerprint density at radius 1 is 0.906 bits per heavy atom. The summed E-state index contributed by atoms with van der Waals surface area (Å²) in [7, 11) is 1.51. The molecule has 2 aromatic rings. The third-order valence-corrected chi connectivity index (χ3v) is 5.16. The molecule has 2 amide bonds. The van der Waals surface area contributed by atoms with E-state index < -0.39 is 23.8 Å². The lowest BCUT2D eigenvalue weighted by Crippen LogP contribution is -2.49. The zero-order valence-corrected chi connectivity index (χ0v) is 18.5. The van der Waals surface area contributed by atoms with Crippen LogP contribution in [-0.4, -0.2) is 42.6 Å². The number of benzene rings is 2. The van der Waals surface area contributed by atoms with Gasteiger partial charge in [-0.1, -0.05) is 67.1 Å². The minimum atomic E-state index is -1.04. The highest BCUT2D eigenvalue weighted by Gasteiger charge is 2.26. The first-order valence-corrected chi connectivity index (χ1v) is 10.9. The molecule has 0 aliphatic rings. The van der Waals surface area contributed by atoms with Crippen LogP contribution in [0.2, 0.25) is 0 Å². The van der Waals surface area contributed by atoms with E-state index in [1.807, 2.05) is 60.7 Å². The van der Waals surface area contributed by atoms with Crippen molar-refractivity contribution in [3.8, 4) is 0 Å². The molecule has 0 spiro atoms. The summed E-state index contributed by atoms with van der Waals surface area (Å²) in [6.45, 7) is 1.05. The highest BCUT2D eigenvalue weighted by Crippen LogP contribution is 2.15. The lowest BCUT2D eigenvalue weighted by molar-refractivity contribution is -0.141. The van der Waals surface area contributed by atoms with Gasteiger partial charge < -0.3 is 20.5 Å². The summed E-state index contributed by atoms with van der Waals surface area (Å²) in [6, 6.07) is 18.5. The van der Waals surface area contributed by atoms with Crippen LogP contribution >= 0.6 is 0 Å². The maximum Gasteiger partial charge on any atom is 0.304 e. The van der Waals surface area contributed by atoms with E-state index in [1.54, 1.807) is 0 Å². The number of rotatable bonds is 14. The van der Waals surface area contributed by atoms with Gasteiger partial charge in [-0.2, -0.15) is 0 Å². The Morgan fingerprint density at radius 3 is 2.12 bits per heavy atom. The molecule has 0 saturated heterocycles. The Balaban J connectivity index is 1.85. The molecule has 0 fully saturated rings. The number of carboxylic acid groups (broad SMARTS) is 1. The van der Waals surface area contributed by atoms with Crippen LogP contribution in [-0.2, 0) is 32.1 Å². The first-order valence-electron chi connectivity index (χ1n) is 10.9. The fourth-order valence-electron chi connectivity index (χ4n) is 3.42. The van der Waals surface area contributed by atoms with Gasteiger partial charge in [0.15, 0.2) is 0 Å². The topological polar surface area (TPSA) is 105 Å². The Morgan fingerprint density at radius 2 is 1.53 bits per heavy atom. The van der Waals surface area contributed by atoms with Crippen molar-refractivity contribution in [3.05, 3.63) is 71.8 Å². The second kappa shape index (κ2) is 14.0. The van der Waals surface area contributed by atoms with Crippen LogP contribution in [0.4, 0.5) is 0 Å². The predicted octanol–water partition coefficient (Wildman–Crippen LogP) is 2.94. The summed E-state index contributed by atoms with van der Waals surface area (Å²) in [5, 5.41) is 14.6. The molecule has 7 heteroatoms. The summed E-state index contributed by atoms with van der Waals surface area (Å²) in [6.07, 6.45) is 1.85. The Kier molecular flexibility index (Phi) is 11.0. The quantitative estimate of drug-likeness (QED) is 0.392. The molecule has 0 radical (unpaired) electrons. The maximum atomic E-state index is 12.8. The van der Waals surface area contributed by atoms with Gasteiger partial charge in [-0.15, -0.1) is 0 Å². The number of carboxylic acids is 1. The van der Waals surface area contributed by atoms with E-state index in [4.69, 9.17) is 4.74 Å². The molecular weight excluding hydrogens is 408 g/mol. The lowest BCUT2D eigenvalue weighted by atomic mass is 9.96. The van der Waals surface area contributed by atoms with Crippen molar-refractivity contribution in [1.29, 1.82) is 0 Å². The van der Waals surface area contributed by atoms with Crippen molar-refractivity contribution in [2.45, 2.75) is 44.8 Å². The van der Waals surface area contributed by atoms with Gasteiger partial charge in [0.2, 0.25) is 11.8 Å². The Bertz CT molecular complexity index is 842. The summed E-state index contributed by atoms with van der Waals surface area (Å²) in [4.78, 5) is 36.4. The Labute approximate surface area is 189 Å². The fraction of sp³-hybridized carbons (Fsp3) is 0.400. The zero-order chi connectivity index (χ0) is 23.2. The number of ether oxygens (including phenoxy) is 1. The smallest absolute Gasteiger partial charge is 0.304 e. The maximum absolute atomic E-state index is 12.8. The van der Waals surface area contributed by atoms with Gasteiger partial charge in [0.25, 0.3) is 0 Å². The molecule has 7 nitrogen and oxygen atoms in total. The summed E-state index contributed by atoms with van der Waals surface area (Å²) in [5.74, 6) is -2.47.